The molecule has 0 radical (unpaired) electrons. The van der Waals surface area contributed by atoms with E-state index < -0.39 is 40.4 Å². The van der Waals surface area contributed by atoms with E-state index in [-0.39, 0.29) is 5.16 Å². The van der Waals surface area contributed by atoms with Gasteiger partial charge in [-0.2, -0.15) is 0 Å². The number of rotatable bonds is 6. The Kier molecular flexibility index (Phi) is 7.06. The van der Waals surface area contributed by atoms with Crippen molar-refractivity contribution in [2.45, 2.75) is 10.9 Å². The van der Waals surface area contributed by atoms with Crippen LogP contribution >= 0.6 is 35.0 Å². The lowest BCUT2D eigenvalue weighted by Crippen LogP contribution is -2.06. The molecule has 1 aromatic heterocycles. The average molecular weight is 531 g/mol. The Morgan fingerprint density at radius 1 is 0.912 bits per heavy atom. The van der Waals surface area contributed by atoms with Crippen LogP contribution in [0.4, 0.5) is 22.0 Å². The molecule has 0 saturated heterocycles. The van der Waals surface area contributed by atoms with Gasteiger partial charge in [0.2, 0.25) is 5.82 Å². The van der Waals surface area contributed by atoms with Gasteiger partial charge in [0.1, 0.15) is 5.75 Å². The molecule has 1 heterocycles. The van der Waals surface area contributed by atoms with Crippen molar-refractivity contribution in [3.8, 4) is 22.7 Å². The van der Waals surface area contributed by atoms with Gasteiger partial charge in [-0.25, -0.2) is 26.9 Å². The minimum absolute atomic E-state index is 0.203. The van der Waals surface area contributed by atoms with Crippen LogP contribution in [-0.4, -0.2) is 16.7 Å². The van der Waals surface area contributed by atoms with Gasteiger partial charge >= 0.3 is 0 Å². The molecule has 0 aliphatic carbocycles. The normalized spacial score (nSPS) is 11.2. The summed E-state index contributed by atoms with van der Waals surface area (Å²) in [5.41, 5.74) is 0.501. The lowest BCUT2D eigenvalue weighted by molar-refractivity contribution is 0.372. The fraction of sp³-hybridized carbons (Fsp3) is 0.0870. The maximum atomic E-state index is 14.2. The number of hydrogen-bond acceptors (Lipinski definition) is 3. The van der Waals surface area contributed by atoms with Gasteiger partial charge in [0.25, 0.3) is 0 Å². The predicted octanol–water partition coefficient (Wildman–Crippen LogP) is 7.84. The smallest absolute Gasteiger partial charge is 0.200 e. The average Bonchev–Trinajstić information content (AvgIpc) is 3.25. The van der Waals surface area contributed by atoms with Crippen LogP contribution in [0.2, 0.25) is 10.0 Å². The number of halogens is 7. The molecule has 0 bridgehead atoms. The molecular weight excluding hydrogens is 518 g/mol. The lowest BCUT2D eigenvalue weighted by Gasteiger charge is -2.12. The van der Waals surface area contributed by atoms with Gasteiger partial charge in [0.15, 0.2) is 28.4 Å². The van der Waals surface area contributed by atoms with Crippen LogP contribution in [0, 0.1) is 29.1 Å². The Morgan fingerprint density at radius 3 is 2.21 bits per heavy atom. The Labute approximate surface area is 205 Å². The second kappa shape index (κ2) is 9.85. The van der Waals surface area contributed by atoms with Crippen LogP contribution < -0.4 is 4.74 Å². The standard InChI is InChI=1S/C23H13Cl2F5N2OS/c1-33-17-5-3-2-4-16(17)32-9-15(12-7-6-11(24)8-14(12)25)31-23(32)34-10-13-18(26)20(28)22(30)21(29)19(13)27/h2-9H,10H2,1H3. The van der Waals surface area contributed by atoms with Crippen molar-refractivity contribution in [1.29, 1.82) is 0 Å². The summed E-state index contributed by atoms with van der Waals surface area (Å²) in [6.45, 7) is 0. The molecular formula is C23H13Cl2F5N2OS. The SMILES string of the molecule is COc1ccccc1-n1cc(-c2ccc(Cl)cc2Cl)nc1SCc1c(F)c(F)c(F)c(F)c1F. The summed E-state index contributed by atoms with van der Waals surface area (Å²) >= 11 is 13.1. The number of benzene rings is 3. The topological polar surface area (TPSA) is 27.1 Å². The van der Waals surface area contributed by atoms with E-state index in [1.165, 1.54) is 13.2 Å². The van der Waals surface area contributed by atoms with Gasteiger partial charge in [0.05, 0.1) is 23.5 Å². The first kappa shape index (κ1) is 24.4. The van der Waals surface area contributed by atoms with Gasteiger partial charge in [-0.1, -0.05) is 47.1 Å². The summed E-state index contributed by atoms with van der Waals surface area (Å²) < 4.78 is 76.0. The summed E-state index contributed by atoms with van der Waals surface area (Å²) in [7, 11) is 1.47. The molecule has 3 aromatic carbocycles. The van der Waals surface area contributed by atoms with Crippen molar-refractivity contribution in [2.24, 2.45) is 0 Å². The third-order valence-electron chi connectivity index (χ3n) is 4.87. The van der Waals surface area contributed by atoms with E-state index in [9.17, 15) is 22.0 Å². The second-order valence-corrected chi connectivity index (χ2v) is 8.70. The molecule has 0 unspecified atom stereocenters. The third kappa shape index (κ3) is 4.47. The van der Waals surface area contributed by atoms with E-state index in [0.29, 0.717) is 32.7 Å². The number of aromatic nitrogens is 2. The van der Waals surface area contributed by atoms with E-state index >= 15 is 0 Å². The van der Waals surface area contributed by atoms with Gasteiger partial charge in [-0.15, -0.1) is 0 Å². The first-order valence-electron chi connectivity index (χ1n) is 9.54. The number of hydrogen-bond donors (Lipinski definition) is 0. The van der Waals surface area contributed by atoms with E-state index in [1.54, 1.807) is 47.2 Å². The zero-order valence-electron chi connectivity index (χ0n) is 17.2. The molecule has 4 aromatic rings. The molecule has 4 rings (SSSR count). The van der Waals surface area contributed by atoms with Crippen LogP contribution in [0.15, 0.2) is 53.8 Å². The molecule has 0 saturated carbocycles. The van der Waals surface area contributed by atoms with Gasteiger partial charge < -0.3 is 4.74 Å². The largest absolute Gasteiger partial charge is 0.495 e. The minimum atomic E-state index is -2.21. The maximum absolute atomic E-state index is 14.2. The number of para-hydroxylation sites is 2. The molecule has 11 heteroatoms. The van der Waals surface area contributed by atoms with Crippen molar-refractivity contribution in [3.63, 3.8) is 0 Å². The minimum Gasteiger partial charge on any atom is -0.495 e. The van der Waals surface area contributed by atoms with Crippen molar-refractivity contribution in [3.05, 3.63) is 93.4 Å². The molecule has 3 nitrogen and oxygen atoms in total. The fourth-order valence-electron chi connectivity index (χ4n) is 3.21. The molecule has 0 fully saturated rings. The monoisotopic (exact) mass is 530 g/mol. The Bertz CT molecular complexity index is 1370. The second-order valence-electron chi connectivity index (χ2n) is 6.91. The molecule has 0 aliphatic heterocycles. The highest BCUT2D eigenvalue weighted by Gasteiger charge is 2.26. The Morgan fingerprint density at radius 2 is 1.56 bits per heavy atom. The number of methoxy groups -OCH3 is 1. The summed E-state index contributed by atoms with van der Waals surface area (Å²) in [5.74, 6) is -10.1. The van der Waals surface area contributed by atoms with E-state index in [2.05, 4.69) is 4.98 Å². The molecule has 176 valence electrons. The van der Waals surface area contributed by atoms with E-state index in [1.807, 2.05) is 0 Å². The van der Waals surface area contributed by atoms with Gasteiger partial charge in [0, 0.05) is 28.1 Å². The number of ether oxygens (including phenoxy) is 1. The predicted molar refractivity (Wildman–Crippen MR) is 121 cm³/mol. The van der Waals surface area contributed by atoms with Crippen LogP contribution in [0.3, 0.4) is 0 Å². The first-order valence-corrected chi connectivity index (χ1v) is 11.3. The van der Waals surface area contributed by atoms with Crippen LogP contribution in [0.5, 0.6) is 5.75 Å². The quantitative estimate of drug-likeness (QED) is 0.110. The highest BCUT2D eigenvalue weighted by atomic mass is 35.5. The number of thioether (sulfide) groups is 1. The first-order chi connectivity index (χ1) is 16.2. The van der Waals surface area contributed by atoms with Crippen molar-refractivity contribution < 1.29 is 26.7 Å². The van der Waals surface area contributed by atoms with Crippen molar-refractivity contribution in [2.75, 3.05) is 7.11 Å². The van der Waals surface area contributed by atoms with Crippen LogP contribution in [-0.2, 0) is 5.75 Å². The maximum Gasteiger partial charge on any atom is 0.200 e. The van der Waals surface area contributed by atoms with Crippen LogP contribution in [0.1, 0.15) is 5.56 Å². The number of nitrogens with zero attached hydrogens (tertiary/aromatic N) is 2. The van der Waals surface area contributed by atoms with Crippen LogP contribution in [0.25, 0.3) is 16.9 Å². The lowest BCUT2D eigenvalue weighted by atomic mass is 10.2. The Balaban J connectivity index is 1.81. The zero-order valence-corrected chi connectivity index (χ0v) is 19.5. The van der Waals surface area contributed by atoms with E-state index in [4.69, 9.17) is 27.9 Å². The highest BCUT2D eigenvalue weighted by molar-refractivity contribution is 7.98. The molecule has 0 spiro atoms. The van der Waals surface area contributed by atoms with Crippen molar-refractivity contribution >= 4 is 35.0 Å². The molecule has 0 atom stereocenters. The van der Waals surface area contributed by atoms with E-state index in [0.717, 1.165) is 11.8 Å². The fourth-order valence-corrected chi connectivity index (χ4v) is 4.69. The molecule has 0 aliphatic rings. The summed E-state index contributed by atoms with van der Waals surface area (Å²) in [4.78, 5) is 4.50. The molecule has 0 amide bonds. The summed E-state index contributed by atoms with van der Waals surface area (Å²) in [6, 6.07) is 11.7. The van der Waals surface area contributed by atoms with Gasteiger partial charge in [-0.05, 0) is 30.3 Å². The zero-order chi connectivity index (χ0) is 24.6. The summed E-state index contributed by atoms with van der Waals surface area (Å²) in [5, 5.41) is 0.932. The molecule has 34 heavy (non-hydrogen) atoms. The highest BCUT2D eigenvalue weighted by Crippen LogP contribution is 2.36. The third-order valence-corrected chi connectivity index (χ3v) is 6.40. The summed E-state index contributed by atoms with van der Waals surface area (Å²) in [6.07, 6.45) is 1.62. The molecule has 0 N–H and O–H groups in total. The van der Waals surface area contributed by atoms with Gasteiger partial charge in [-0.3, -0.25) is 4.57 Å². The number of imidazole rings is 1. The van der Waals surface area contributed by atoms with Crippen molar-refractivity contribution in [1.82, 2.24) is 9.55 Å². The Hall–Kier alpha value is -2.75.